The molecule has 0 bridgehead atoms. The summed E-state index contributed by atoms with van der Waals surface area (Å²) in [5.41, 5.74) is 2.94. The van der Waals surface area contributed by atoms with Crippen molar-refractivity contribution in [3.63, 3.8) is 0 Å². The molecule has 10 heteroatoms. The van der Waals surface area contributed by atoms with Crippen LogP contribution in [0.5, 0.6) is 0 Å². The summed E-state index contributed by atoms with van der Waals surface area (Å²) < 4.78 is 0. The van der Waals surface area contributed by atoms with Crippen LogP contribution in [0.2, 0.25) is 0 Å². The Balaban J connectivity index is 1.79. The summed E-state index contributed by atoms with van der Waals surface area (Å²) in [7, 11) is 0. The molecule has 5 N–H and O–H groups in total. The Morgan fingerprint density at radius 3 is 2.57 bits per heavy atom. The van der Waals surface area contributed by atoms with Gasteiger partial charge in [-0.3, -0.25) is 24.2 Å². The lowest BCUT2D eigenvalue weighted by Gasteiger charge is -2.23. The number of benzene rings is 1. The van der Waals surface area contributed by atoms with Crippen molar-refractivity contribution < 1.29 is 19.2 Å². The number of nitrogens with zero attached hydrogens (tertiary/aromatic N) is 1. The van der Waals surface area contributed by atoms with Gasteiger partial charge in [-0.25, -0.2) is 0 Å². The van der Waals surface area contributed by atoms with Crippen LogP contribution in [-0.2, 0) is 25.6 Å². The number of aromatic nitrogens is 2. The molecular weight excluding hydrogens is 448 g/mol. The zero-order valence-electron chi connectivity index (χ0n) is 19.6. The van der Waals surface area contributed by atoms with Crippen LogP contribution in [0.4, 0.5) is 5.69 Å². The lowest BCUT2D eigenvalue weighted by molar-refractivity contribution is -0.130. The maximum atomic E-state index is 13.2. The fraction of sp³-hybridized carbons (Fsp3) is 0.280. The van der Waals surface area contributed by atoms with E-state index in [4.69, 9.17) is 5.41 Å². The number of hydrogen-bond donors (Lipinski definition) is 5. The molecule has 0 radical (unpaired) electrons. The lowest BCUT2D eigenvalue weighted by atomic mass is 10.0. The van der Waals surface area contributed by atoms with E-state index in [9.17, 15) is 19.2 Å². The second kappa shape index (κ2) is 11.7. The fourth-order valence-corrected chi connectivity index (χ4v) is 3.73. The molecule has 3 amide bonds. The minimum Gasteiger partial charge on any atom is -0.361 e. The number of rotatable bonds is 11. The number of Topliss-reactive ketones (excluding diaryl/α,β-unsaturated/α-hetero) is 1. The number of aryl methyl sites for hydroxylation is 1. The number of carbonyl (C=O) groups excluding carboxylic acids is 4. The van der Waals surface area contributed by atoms with Crippen molar-refractivity contribution in [2.24, 2.45) is 0 Å². The van der Waals surface area contributed by atoms with Crippen molar-refractivity contribution in [1.29, 1.82) is 5.41 Å². The molecule has 0 fully saturated rings. The molecule has 0 spiro atoms. The molecule has 2 atom stereocenters. The van der Waals surface area contributed by atoms with Gasteiger partial charge in [0.1, 0.15) is 12.1 Å². The summed E-state index contributed by atoms with van der Waals surface area (Å²) in [5.74, 6) is -1.93. The van der Waals surface area contributed by atoms with Gasteiger partial charge in [-0.2, -0.15) is 0 Å². The minimum atomic E-state index is -1.06. The summed E-state index contributed by atoms with van der Waals surface area (Å²) in [6, 6.07) is 8.90. The second-order valence-electron chi connectivity index (χ2n) is 8.20. The normalized spacial score (nSPS) is 12.4. The smallest absolute Gasteiger partial charge is 0.246 e. The molecule has 0 saturated carbocycles. The predicted octanol–water partition coefficient (Wildman–Crippen LogP) is 2.04. The van der Waals surface area contributed by atoms with Gasteiger partial charge in [0.05, 0.1) is 6.21 Å². The minimum absolute atomic E-state index is 0.00424. The summed E-state index contributed by atoms with van der Waals surface area (Å²) in [4.78, 5) is 57.0. The first-order chi connectivity index (χ1) is 16.8. The highest BCUT2D eigenvalue weighted by molar-refractivity contribution is 6.26. The molecule has 1 aromatic carbocycles. The Labute approximate surface area is 202 Å². The summed E-state index contributed by atoms with van der Waals surface area (Å²) >= 11 is 0. The van der Waals surface area contributed by atoms with Gasteiger partial charge in [0.25, 0.3) is 0 Å². The number of carbonyl (C=O) groups is 4. The SMILES string of the molecule is CC(=O)N[C@@H](Cc1c[nH]c2ccccc12)C(=O)N[C@@H](CCC(=O)C=N)C(=O)Nc1ccnc(C)c1. The van der Waals surface area contributed by atoms with E-state index in [0.717, 1.165) is 16.5 Å². The summed E-state index contributed by atoms with van der Waals surface area (Å²) in [6.07, 6.45) is 4.11. The Hall–Kier alpha value is -4.34. The third-order valence-electron chi connectivity index (χ3n) is 5.43. The number of hydrogen-bond acceptors (Lipinski definition) is 6. The zero-order valence-corrected chi connectivity index (χ0v) is 19.6. The van der Waals surface area contributed by atoms with E-state index in [2.05, 4.69) is 25.9 Å². The molecule has 0 aliphatic rings. The van der Waals surface area contributed by atoms with E-state index in [1.54, 1.807) is 31.5 Å². The van der Waals surface area contributed by atoms with E-state index in [1.165, 1.54) is 6.92 Å². The largest absolute Gasteiger partial charge is 0.361 e. The molecule has 0 unspecified atom stereocenters. The molecule has 3 aromatic rings. The summed E-state index contributed by atoms with van der Waals surface area (Å²) in [5, 5.41) is 16.1. The molecule has 2 heterocycles. The monoisotopic (exact) mass is 476 g/mol. The maximum absolute atomic E-state index is 13.2. The second-order valence-corrected chi connectivity index (χ2v) is 8.20. The predicted molar refractivity (Wildman–Crippen MR) is 132 cm³/mol. The van der Waals surface area contributed by atoms with Gasteiger partial charge in [-0.05, 0) is 37.1 Å². The first kappa shape index (κ1) is 25.3. The molecule has 3 rings (SSSR count). The van der Waals surface area contributed by atoms with Crippen LogP contribution in [-0.4, -0.2) is 51.8 Å². The standard InChI is InChI=1S/C25H28N6O4/c1-15-11-18(9-10-27-15)30-24(34)22(8-7-19(33)13-26)31-25(35)23(29-16(2)32)12-17-14-28-21-6-4-3-5-20(17)21/h3-6,9-11,13-14,22-23,26,28H,7-8,12H2,1-2H3,(H,29,32)(H,31,35)(H,27,30,34)/t22-,23-/m0/s1. The number of H-pyrrole nitrogens is 1. The topological polar surface area (TPSA) is 157 Å². The molecule has 0 saturated heterocycles. The molecule has 0 aliphatic heterocycles. The van der Waals surface area contributed by atoms with Crippen molar-refractivity contribution in [3.8, 4) is 0 Å². The van der Waals surface area contributed by atoms with Crippen molar-refractivity contribution in [2.75, 3.05) is 5.32 Å². The van der Waals surface area contributed by atoms with E-state index < -0.39 is 35.6 Å². The van der Waals surface area contributed by atoms with Crippen molar-refractivity contribution in [1.82, 2.24) is 20.6 Å². The highest BCUT2D eigenvalue weighted by Gasteiger charge is 2.27. The summed E-state index contributed by atoms with van der Waals surface area (Å²) in [6.45, 7) is 3.09. The van der Waals surface area contributed by atoms with Gasteiger partial charge in [-0.15, -0.1) is 0 Å². The molecule has 2 aromatic heterocycles. The third-order valence-corrected chi connectivity index (χ3v) is 5.43. The maximum Gasteiger partial charge on any atom is 0.246 e. The quantitative estimate of drug-likeness (QED) is 0.268. The van der Waals surface area contributed by atoms with Crippen LogP contribution >= 0.6 is 0 Å². The van der Waals surface area contributed by atoms with Crippen molar-refractivity contribution in [3.05, 3.63) is 60.0 Å². The Bertz CT molecular complexity index is 1250. The third kappa shape index (κ3) is 7.07. The number of aromatic amines is 1. The van der Waals surface area contributed by atoms with E-state index >= 15 is 0 Å². The first-order valence-corrected chi connectivity index (χ1v) is 11.2. The number of amides is 3. The van der Waals surface area contributed by atoms with Gasteiger partial charge in [0.15, 0.2) is 5.78 Å². The van der Waals surface area contributed by atoms with Crippen LogP contribution in [0, 0.1) is 12.3 Å². The van der Waals surface area contributed by atoms with Gasteiger partial charge in [-0.1, -0.05) is 18.2 Å². The lowest BCUT2D eigenvalue weighted by Crippen LogP contribution is -2.53. The van der Waals surface area contributed by atoms with Crippen LogP contribution in [0.25, 0.3) is 10.9 Å². The molecule has 0 aliphatic carbocycles. The number of pyridine rings is 1. The zero-order chi connectivity index (χ0) is 25.4. The van der Waals surface area contributed by atoms with Crippen LogP contribution in [0.15, 0.2) is 48.8 Å². The van der Waals surface area contributed by atoms with E-state index in [0.29, 0.717) is 17.6 Å². The molecule has 182 valence electrons. The number of ketones is 1. The Kier molecular flexibility index (Phi) is 8.44. The molecule has 35 heavy (non-hydrogen) atoms. The number of anilines is 1. The fourth-order valence-electron chi connectivity index (χ4n) is 3.73. The highest BCUT2D eigenvalue weighted by Crippen LogP contribution is 2.19. The van der Waals surface area contributed by atoms with Gasteiger partial charge >= 0.3 is 0 Å². The van der Waals surface area contributed by atoms with Gasteiger partial charge in [0.2, 0.25) is 17.7 Å². The van der Waals surface area contributed by atoms with Crippen LogP contribution in [0.3, 0.4) is 0 Å². The van der Waals surface area contributed by atoms with E-state index in [1.807, 2.05) is 24.3 Å². The molecule has 10 nitrogen and oxygen atoms in total. The first-order valence-electron chi connectivity index (χ1n) is 11.2. The van der Waals surface area contributed by atoms with Crippen LogP contribution < -0.4 is 16.0 Å². The van der Waals surface area contributed by atoms with Crippen LogP contribution in [0.1, 0.15) is 31.0 Å². The Morgan fingerprint density at radius 1 is 1.09 bits per heavy atom. The van der Waals surface area contributed by atoms with Gasteiger partial charge in [0, 0.05) is 54.4 Å². The van der Waals surface area contributed by atoms with E-state index in [-0.39, 0.29) is 19.3 Å². The number of para-hydroxylation sites is 1. The number of fused-ring (bicyclic) bond motifs is 1. The van der Waals surface area contributed by atoms with Crippen molar-refractivity contribution in [2.45, 2.75) is 45.2 Å². The number of nitrogens with one attached hydrogen (secondary N) is 5. The average molecular weight is 477 g/mol. The van der Waals surface area contributed by atoms with Gasteiger partial charge < -0.3 is 26.3 Å². The van der Waals surface area contributed by atoms with Crippen molar-refractivity contribution >= 4 is 46.3 Å². The highest BCUT2D eigenvalue weighted by atomic mass is 16.2. The Morgan fingerprint density at radius 2 is 1.86 bits per heavy atom. The molecular formula is C25H28N6O4. The average Bonchev–Trinajstić information content (AvgIpc) is 3.23.